The lowest BCUT2D eigenvalue weighted by molar-refractivity contribution is 0.102. The van der Waals surface area contributed by atoms with Gasteiger partial charge in [-0.05, 0) is 49.1 Å². The maximum atomic E-state index is 12.0. The standard InChI is InChI=1S/C18H16N2OS2/c1-12-5-6-13(2)14(10-12)15-7-8-18(20-19-15)23-11-16(21)17-4-3-9-22-17/h3-10H,11H2,1-2H3. The molecule has 5 heteroatoms. The van der Waals surface area contributed by atoms with Crippen LogP contribution in [-0.4, -0.2) is 21.7 Å². The fourth-order valence-corrected chi connectivity index (χ4v) is 3.65. The SMILES string of the molecule is Cc1ccc(C)c(-c2ccc(SCC(=O)c3cccs3)nn2)c1. The molecule has 3 aromatic rings. The summed E-state index contributed by atoms with van der Waals surface area (Å²) in [6.07, 6.45) is 0. The molecule has 0 spiro atoms. The van der Waals surface area contributed by atoms with Crippen LogP contribution in [0.15, 0.2) is 52.9 Å². The van der Waals surface area contributed by atoms with E-state index in [0.29, 0.717) is 5.75 Å². The summed E-state index contributed by atoms with van der Waals surface area (Å²) in [5.74, 6) is 0.517. The maximum absolute atomic E-state index is 12.0. The van der Waals surface area contributed by atoms with Crippen LogP contribution in [0, 0.1) is 13.8 Å². The Bertz CT molecular complexity index is 812. The van der Waals surface area contributed by atoms with Gasteiger partial charge < -0.3 is 0 Å². The van der Waals surface area contributed by atoms with E-state index in [1.54, 1.807) is 0 Å². The molecule has 0 aliphatic rings. The van der Waals surface area contributed by atoms with Crippen molar-refractivity contribution in [3.8, 4) is 11.3 Å². The third-order valence-corrected chi connectivity index (χ3v) is 5.29. The van der Waals surface area contributed by atoms with Gasteiger partial charge in [0.15, 0.2) is 5.78 Å². The van der Waals surface area contributed by atoms with E-state index in [9.17, 15) is 4.79 Å². The van der Waals surface area contributed by atoms with E-state index in [2.05, 4.69) is 42.2 Å². The Balaban J connectivity index is 1.70. The van der Waals surface area contributed by atoms with Gasteiger partial charge in [-0.2, -0.15) is 0 Å². The van der Waals surface area contributed by atoms with E-state index in [1.807, 2.05) is 29.6 Å². The molecule has 2 aromatic heterocycles. The number of Topliss-reactive ketones (excluding diaryl/α,β-unsaturated/α-hetero) is 1. The molecule has 0 N–H and O–H groups in total. The van der Waals surface area contributed by atoms with Gasteiger partial charge in [0.25, 0.3) is 0 Å². The van der Waals surface area contributed by atoms with E-state index in [4.69, 9.17) is 0 Å². The van der Waals surface area contributed by atoms with Crippen LogP contribution in [0.4, 0.5) is 0 Å². The summed E-state index contributed by atoms with van der Waals surface area (Å²) >= 11 is 2.89. The van der Waals surface area contributed by atoms with Crippen LogP contribution in [0.2, 0.25) is 0 Å². The van der Waals surface area contributed by atoms with E-state index >= 15 is 0 Å². The van der Waals surface area contributed by atoms with Crippen molar-refractivity contribution in [1.29, 1.82) is 0 Å². The molecular weight excluding hydrogens is 324 g/mol. The first-order valence-corrected chi connectivity index (χ1v) is 9.11. The summed E-state index contributed by atoms with van der Waals surface area (Å²) in [6, 6.07) is 13.9. The highest BCUT2D eigenvalue weighted by molar-refractivity contribution is 7.99. The van der Waals surface area contributed by atoms with E-state index < -0.39 is 0 Å². The Morgan fingerprint density at radius 3 is 2.70 bits per heavy atom. The molecule has 0 unspecified atom stereocenters. The molecule has 0 bridgehead atoms. The zero-order chi connectivity index (χ0) is 16.2. The van der Waals surface area contributed by atoms with Crippen molar-refractivity contribution in [2.24, 2.45) is 0 Å². The number of hydrogen-bond donors (Lipinski definition) is 0. The predicted molar refractivity (Wildman–Crippen MR) is 96.3 cm³/mol. The molecular formula is C18H16N2OS2. The Morgan fingerprint density at radius 2 is 2.00 bits per heavy atom. The Hall–Kier alpha value is -1.98. The van der Waals surface area contributed by atoms with Gasteiger partial charge in [-0.3, -0.25) is 4.79 Å². The highest BCUT2D eigenvalue weighted by Gasteiger charge is 2.09. The Morgan fingerprint density at radius 1 is 1.13 bits per heavy atom. The van der Waals surface area contributed by atoms with Crippen molar-refractivity contribution in [3.05, 3.63) is 63.8 Å². The number of carbonyl (C=O) groups excluding carboxylic acids is 1. The van der Waals surface area contributed by atoms with Crippen LogP contribution in [0.1, 0.15) is 20.8 Å². The second-order valence-electron chi connectivity index (χ2n) is 5.26. The van der Waals surface area contributed by atoms with E-state index in [1.165, 1.54) is 34.2 Å². The highest BCUT2D eigenvalue weighted by atomic mass is 32.2. The molecule has 2 heterocycles. The third kappa shape index (κ3) is 3.86. The van der Waals surface area contributed by atoms with Crippen molar-refractivity contribution >= 4 is 28.9 Å². The number of thiophene rings is 1. The lowest BCUT2D eigenvalue weighted by atomic mass is 10.0. The molecule has 3 rings (SSSR count). The summed E-state index contributed by atoms with van der Waals surface area (Å²) in [5, 5.41) is 11.2. The molecule has 0 aliphatic heterocycles. The smallest absolute Gasteiger partial charge is 0.183 e. The molecule has 0 aliphatic carbocycles. The van der Waals surface area contributed by atoms with Crippen molar-refractivity contribution in [2.75, 3.05) is 5.75 Å². The van der Waals surface area contributed by atoms with Gasteiger partial charge in [0, 0.05) is 5.56 Å². The Labute approximate surface area is 143 Å². The van der Waals surface area contributed by atoms with Crippen LogP contribution in [0.5, 0.6) is 0 Å². The van der Waals surface area contributed by atoms with Crippen LogP contribution < -0.4 is 0 Å². The van der Waals surface area contributed by atoms with Crippen LogP contribution in [-0.2, 0) is 0 Å². The number of rotatable bonds is 5. The summed E-state index contributed by atoms with van der Waals surface area (Å²) < 4.78 is 0. The number of thioether (sulfide) groups is 1. The van der Waals surface area contributed by atoms with Crippen molar-refractivity contribution in [2.45, 2.75) is 18.9 Å². The van der Waals surface area contributed by atoms with Crippen molar-refractivity contribution < 1.29 is 4.79 Å². The molecule has 3 nitrogen and oxygen atoms in total. The normalized spacial score (nSPS) is 10.7. The molecule has 0 saturated heterocycles. The van der Waals surface area contributed by atoms with Gasteiger partial charge in [0.2, 0.25) is 0 Å². The fraction of sp³-hybridized carbons (Fsp3) is 0.167. The van der Waals surface area contributed by atoms with Gasteiger partial charge in [-0.1, -0.05) is 35.5 Å². The summed E-state index contributed by atoms with van der Waals surface area (Å²) in [7, 11) is 0. The topological polar surface area (TPSA) is 42.9 Å². The summed E-state index contributed by atoms with van der Waals surface area (Å²) in [5.41, 5.74) is 4.34. The maximum Gasteiger partial charge on any atom is 0.183 e. The van der Waals surface area contributed by atoms with Crippen LogP contribution in [0.25, 0.3) is 11.3 Å². The zero-order valence-corrected chi connectivity index (χ0v) is 14.6. The average molecular weight is 340 g/mol. The number of aromatic nitrogens is 2. The zero-order valence-electron chi connectivity index (χ0n) is 12.9. The minimum atomic E-state index is 0.130. The van der Waals surface area contributed by atoms with Crippen molar-refractivity contribution in [3.63, 3.8) is 0 Å². The van der Waals surface area contributed by atoms with Crippen LogP contribution in [0.3, 0.4) is 0 Å². The first-order chi connectivity index (χ1) is 11.1. The molecule has 0 atom stereocenters. The van der Waals surface area contributed by atoms with Gasteiger partial charge in [0.1, 0.15) is 5.03 Å². The monoisotopic (exact) mass is 340 g/mol. The highest BCUT2D eigenvalue weighted by Crippen LogP contribution is 2.24. The van der Waals surface area contributed by atoms with Gasteiger partial charge >= 0.3 is 0 Å². The lowest BCUT2D eigenvalue weighted by Gasteiger charge is -2.06. The minimum Gasteiger partial charge on any atom is -0.292 e. The van der Waals surface area contributed by atoms with Gasteiger partial charge in [-0.25, -0.2) is 0 Å². The first kappa shape index (κ1) is 15.9. The molecule has 0 radical (unpaired) electrons. The second kappa shape index (κ2) is 7.06. The number of carbonyl (C=O) groups is 1. The molecule has 0 saturated carbocycles. The molecule has 1 aromatic carbocycles. The van der Waals surface area contributed by atoms with E-state index in [-0.39, 0.29) is 5.78 Å². The quantitative estimate of drug-likeness (QED) is 0.494. The second-order valence-corrected chi connectivity index (χ2v) is 7.21. The minimum absolute atomic E-state index is 0.130. The number of aryl methyl sites for hydroxylation is 2. The number of nitrogens with zero attached hydrogens (tertiary/aromatic N) is 2. The molecule has 0 amide bonds. The third-order valence-electron chi connectivity index (χ3n) is 3.46. The predicted octanol–water partition coefficient (Wildman–Crippen LogP) is 4.80. The van der Waals surface area contributed by atoms with Gasteiger partial charge in [0.05, 0.1) is 16.3 Å². The number of hydrogen-bond acceptors (Lipinski definition) is 5. The fourth-order valence-electron chi connectivity index (χ4n) is 2.20. The number of benzene rings is 1. The Kier molecular flexibility index (Phi) is 4.88. The molecule has 0 fully saturated rings. The number of ketones is 1. The molecule has 23 heavy (non-hydrogen) atoms. The average Bonchev–Trinajstić information content (AvgIpc) is 3.10. The van der Waals surface area contributed by atoms with Crippen LogP contribution >= 0.6 is 23.1 Å². The van der Waals surface area contributed by atoms with E-state index in [0.717, 1.165) is 21.2 Å². The molecule has 116 valence electrons. The van der Waals surface area contributed by atoms with Gasteiger partial charge in [-0.15, -0.1) is 21.5 Å². The summed E-state index contributed by atoms with van der Waals surface area (Å²) in [6.45, 7) is 4.13. The summed E-state index contributed by atoms with van der Waals surface area (Å²) in [4.78, 5) is 12.8. The first-order valence-electron chi connectivity index (χ1n) is 7.24. The largest absolute Gasteiger partial charge is 0.292 e. The lowest BCUT2D eigenvalue weighted by Crippen LogP contribution is -2.00. The van der Waals surface area contributed by atoms with Crippen molar-refractivity contribution in [1.82, 2.24) is 10.2 Å².